The summed E-state index contributed by atoms with van der Waals surface area (Å²) in [7, 11) is 0. The summed E-state index contributed by atoms with van der Waals surface area (Å²) >= 11 is 1.54. The van der Waals surface area contributed by atoms with Gasteiger partial charge in [0.1, 0.15) is 0 Å². The third-order valence-electron chi connectivity index (χ3n) is 1.59. The Bertz CT molecular complexity index is 392. The maximum atomic E-state index is 9.30. The minimum absolute atomic E-state index is 0.0243. The Morgan fingerprint density at radius 2 is 1.91 bits per heavy atom. The fraction of sp³-hybridized carbons (Fsp3) is 0. The molecule has 1 aromatic carbocycles. The molecule has 2 nitrogen and oxygen atoms in total. The lowest BCUT2D eigenvalue weighted by molar-refractivity contribution is 0.408. The van der Waals surface area contributed by atoms with E-state index in [1.807, 2.05) is 5.38 Å². The molecule has 0 unspecified atom stereocenters. The van der Waals surface area contributed by atoms with Gasteiger partial charge in [-0.25, -0.2) is 0 Å². The molecule has 0 aliphatic carbocycles. The molecule has 0 saturated heterocycles. The van der Waals surface area contributed by atoms with E-state index in [4.69, 9.17) is 5.11 Å². The quantitative estimate of drug-likeness (QED) is 0.589. The average Bonchev–Trinajstić information content (AvgIpc) is 2.45. The molecule has 11 heavy (non-hydrogen) atoms. The molecule has 0 radical (unpaired) electrons. The van der Waals surface area contributed by atoms with Crippen molar-refractivity contribution in [3.8, 4) is 11.5 Å². The summed E-state index contributed by atoms with van der Waals surface area (Å²) in [6.45, 7) is 0. The monoisotopic (exact) mass is 166 g/mol. The number of thiophene rings is 1. The Kier molecular flexibility index (Phi) is 1.26. The van der Waals surface area contributed by atoms with Crippen LogP contribution in [0.5, 0.6) is 11.5 Å². The van der Waals surface area contributed by atoms with Gasteiger partial charge in [-0.3, -0.25) is 0 Å². The maximum Gasteiger partial charge on any atom is 0.166 e. The zero-order valence-electron chi connectivity index (χ0n) is 5.61. The molecule has 0 aliphatic heterocycles. The molecule has 2 aromatic rings. The summed E-state index contributed by atoms with van der Waals surface area (Å²) < 4.78 is 0.986. The van der Waals surface area contributed by atoms with Crippen molar-refractivity contribution in [3.05, 3.63) is 23.6 Å². The number of benzene rings is 1. The number of fused-ring (bicyclic) bond motifs is 1. The van der Waals surface area contributed by atoms with Crippen LogP contribution in [0.3, 0.4) is 0 Å². The van der Waals surface area contributed by atoms with Crippen molar-refractivity contribution in [2.75, 3.05) is 0 Å². The van der Waals surface area contributed by atoms with Gasteiger partial charge >= 0.3 is 0 Å². The lowest BCUT2D eigenvalue weighted by Crippen LogP contribution is -1.67. The maximum absolute atomic E-state index is 9.30. The molecule has 0 fully saturated rings. The number of hydrogen-bond donors (Lipinski definition) is 2. The van der Waals surface area contributed by atoms with E-state index in [0.717, 1.165) is 10.1 Å². The van der Waals surface area contributed by atoms with E-state index >= 15 is 0 Å². The van der Waals surface area contributed by atoms with Crippen molar-refractivity contribution in [2.24, 2.45) is 0 Å². The van der Waals surface area contributed by atoms with Gasteiger partial charge in [-0.05, 0) is 23.6 Å². The number of aromatic hydroxyl groups is 2. The minimum atomic E-state index is -0.0594. The fourth-order valence-corrected chi connectivity index (χ4v) is 1.81. The van der Waals surface area contributed by atoms with Crippen LogP contribution in [0.4, 0.5) is 0 Å². The van der Waals surface area contributed by atoms with Crippen LogP contribution in [0.15, 0.2) is 23.6 Å². The summed E-state index contributed by atoms with van der Waals surface area (Å²) in [5.41, 5.74) is 0. The predicted octanol–water partition coefficient (Wildman–Crippen LogP) is 2.31. The van der Waals surface area contributed by atoms with Gasteiger partial charge in [0.2, 0.25) is 0 Å². The molecule has 0 aliphatic rings. The van der Waals surface area contributed by atoms with Gasteiger partial charge in [-0.15, -0.1) is 11.3 Å². The second-order valence-electron chi connectivity index (χ2n) is 2.27. The summed E-state index contributed by atoms with van der Waals surface area (Å²) in [6, 6.07) is 5.07. The summed E-state index contributed by atoms with van der Waals surface area (Å²) in [6.07, 6.45) is 0. The summed E-state index contributed by atoms with van der Waals surface area (Å²) in [4.78, 5) is 0. The van der Waals surface area contributed by atoms with Crippen LogP contribution in [0.25, 0.3) is 10.1 Å². The first kappa shape index (κ1) is 6.49. The molecule has 2 rings (SSSR count). The van der Waals surface area contributed by atoms with Gasteiger partial charge in [-0.1, -0.05) is 0 Å². The number of hydrogen-bond acceptors (Lipinski definition) is 3. The van der Waals surface area contributed by atoms with Gasteiger partial charge in [-0.2, -0.15) is 0 Å². The van der Waals surface area contributed by atoms with Gasteiger partial charge < -0.3 is 10.2 Å². The van der Waals surface area contributed by atoms with E-state index < -0.39 is 0 Å². The summed E-state index contributed by atoms with van der Waals surface area (Å²) in [5.74, 6) is -0.0837. The number of phenolic OH excluding ortho intramolecular Hbond substituents is 2. The van der Waals surface area contributed by atoms with E-state index in [-0.39, 0.29) is 11.5 Å². The lowest BCUT2D eigenvalue weighted by Gasteiger charge is -1.96. The first-order valence-electron chi connectivity index (χ1n) is 3.17. The second-order valence-corrected chi connectivity index (χ2v) is 3.21. The van der Waals surface area contributed by atoms with E-state index in [1.54, 1.807) is 12.1 Å². The topological polar surface area (TPSA) is 40.5 Å². The molecule has 0 saturated carbocycles. The molecule has 3 heteroatoms. The molecular weight excluding hydrogens is 160 g/mol. The molecule has 1 aromatic heterocycles. The molecule has 1 heterocycles. The lowest BCUT2D eigenvalue weighted by atomic mass is 10.2. The van der Waals surface area contributed by atoms with E-state index in [2.05, 4.69) is 0 Å². The van der Waals surface area contributed by atoms with Crippen molar-refractivity contribution >= 4 is 21.4 Å². The van der Waals surface area contributed by atoms with Crippen LogP contribution in [0.2, 0.25) is 0 Å². The van der Waals surface area contributed by atoms with Crippen LogP contribution < -0.4 is 0 Å². The van der Waals surface area contributed by atoms with Crippen molar-refractivity contribution < 1.29 is 10.2 Å². The Labute approximate surface area is 67.3 Å². The van der Waals surface area contributed by atoms with E-state index in [9.17, 15) is 5.11 Å². The Balaban J connectivity index is 2.93. The molecule has 2 N–H and O–H groups in total. The van der Waals surface area contributed by atoms with Crippen LogP contribution in [0.1, 0.15) is 0 Å². The van der Waals surface area contributed by atoms with Crippen LogP contribution in [-0.4, -0.2) is 10.2 Å². The first-order valence-corrected chi connectivity index (χ1v) is 4.05. The number of rotatable bonds is 0. The average molecular weight is 166 g/mol. The van der Waals surface area contributed by atoms with Crippen molar-refractivity contribution in [2.45, 2.75) is 0 Å². The Morgan fingerprint density at radius 3 is 2.73 bits per heavy atom. The second kappa shape index (κ2) is 2.13. The van der Waals surface area contributed by atoms with Crippen LogP contribution >= 0.6 is 11.3 Å². The molecule has 0 atom stereocenters. The van der Waals surface area contributed by atoms with Gasteiger partial charge in [0.25, 0.3) is 0 Å². The zero-order chi connectivity index (χ0) is 7.84. The fourth-order valence-electron chi connectivity index (χ4n) is 1.02. The largest absolute Gasteiger partial charge is 0.504 e. The van der Waals surface area contributed by atoms with Crippen molar-refractivity contribution in [3.63, 3.8) is 0 Å². The Hall–Kier alpha value is -1.22. The minimum Gasteiger partial charge on any atom is -0.504 e. The first-order chi connectivity index (χ1) is 5.29. The van der Waals surface area contributed by atoms with Crippen LogP contribution in [-0.2, 0) is 0 Å². The van der Waals surface area contributed by atoms with Crippen molar-refractivity contribution in [1.29, 1.82) is 0 Å². The molecule has 0 spiro atoms. The highest BCUT2D eigenvalue weighted by Crippen LogP contribution is 2.35. The number of phenols is 2. The third kappa shape index (κ3) is 0.851. The molecule has 56 valence electrons. The smallest absolute Gasteiger partial charge is 0.166 e. The SMILES string of the molecule is Oc1ccc2sccc2c1O. The van der Waals surface area contributed by atoms with Gasteiger partial charge in [0.05, 0.1) is 0 Å². The normalized spacial score (nSPS) is 10.5. The highest BCUT2D eigenvalue weighted by atomic mass is 32.1. The van der Waals surface area contributed by atoms with Gasteiger partial charge in [0.15, 0.2) is 11.5 Å². The van der Waals surface area contributed by atoms with E-state index in [1.165, 1.54) is 17.4 Å². The Morgan fingerprint density at radius 1 is 1.09 bits per heavy atom. The van der Waals surface area contributed by atoms with Gasteiger partial charge in [0, 0.05) is 10.1 Å². The standard InChI is InChI=1S/C8H6O2S/c9-6-1-2-7-5(8(6)10)3-4-11-7/h1-4,9-10H. The summed E-state index contributed by atoms with van der Waals surface area (Å²) in [5, 5.41) is 21.0. The van der Waals surface area contributed by atoms with E-state index in [0.29, 0.717) is 0 Å². The third-order valence-corrected chi connectivity index (χ3v) is 2.47. The molecule has 0 amide bonds. The van der Waals surface area contributed by atoms with Crippen molar-refractivity contribution in [1.82, 2.24) is 0 Å². The molecule has 0 bridgehead atoms. The highest BCUT2D eigenvalue weighted by Gasteiger charge is 2.04. The molecular formula is C8H6O2S. The zero-order valence-corrected chi connectivity index (χ0v) is 6.43. The highest BCUT2D eigenvalue weighted by molar-refractivity contribution is 7.17. The predicted molar refractivity (Wildman–Crippen MR) is 45.2 cm³/mol. The van der Waals surface area contributed by atoms with Crippen LogP contribution in [0, 0.1) is 0 Å².